The summed E-state index contributed by atoms with van der Waals surface area (Å²) in [7, 11) is 1.26. The molecule has 0 spiro atoms. The number of nitrogens with two attached hydrogens (primary N) is 1. The molecule has 11 heavy (non-hydrogen) atoms. The minimum absolute atomic E-state index is 0.236. The second kappa shape index (κ2) is 6.40. The van der Waals surface area contributed by atoms with E-state index in [-0.39, 0.29) is 5.76 Å². The molecule has 0 aromatic carbocycles. The fourth-order valence-corrected chi connectivity index (χ4v) is 0.0873. The van der Waals surface area contributed by atoms with Gasteiger partial charge in [-0.15, -0.1) is 0 Å². The third kappa shape index (κ3) is 17.8. The number of carbonyl (C=O) groups is 2. The van der Waals surface area contributed by atoms with E-state index in [1.165, 1.54) is 7.11 Å². The number of rotatable bonds is 2. The van der Waals surface area contributed by atoms with Crippen LogP contribution in [0.25, 0.3) is 0 Å². The zero-order valence-corrected chi connectivity index (χ0v) is 5.90. The van der Waals surface area contributed by atoms with E-state index in [0.29, 0.717) is 0 Å². The van der Waals surface area contributed by atoms with Gasteiger partial charge in [0, 0.05) is 0 Å². The van der Waals surface area contributed by atoms with E-state index in [9.17, 15) is 4.79 Å². The van der Waals surface area contributed by atoms with Gasteiger partial charge in [0.2, 0.25) is 0 Å². The molecule has 0 heterocycles. The van der Waals surface area contributed by atoms with Gasteiger partial charge in [0.05, 0.1) is 7.11 Å². The van der Waals surface area contributed by atoms with Gasteiger partial charge in [-0.3, -0.25) is 0 Å². The Labute approximate surface area is 62.9 Å². The van der Waals surface area contributed by atoms with Crippen molar-refractivity contribution < 1.29 is 24.5 Å². The van der Waals surface area contributed by atoms with Gasteiger partial charge in [-0.25, -0.2) is 9.59 Å². The molecule has 64 valence electrons. The molecule has 0 saturated heterocycles. The monoisotopic (exact) mass is 163 g/mol. The van der Waals surface area contributed by atoms with E-state index >= 15 is 0 Å². The van der Waals surface area contributed by atoms with E-state index in [0.717, 1.165) is 0 Å². The van der Waals surface area contributed by atoms with Crippen LogP contribution in [0.15, 0.2) is 12.3 Å². The van der Waals surface area contributed by atoms with Crippen molar-refractivity contribution in [1.82, 2.24) is 0 Å². The summed E-state index contributed by atoms with van der Waals surface area (Å²) in [6.07, 6.45) is -1.33. The molecule has 0 aromatic heterocycles. The van der Waals surface area contributed by atoms with E-state index in [1.54, 1.807) is 0 Å². The lowest BCUT2D eigenvalue weighted by atomic mass is 10.6. The number of primary amides is 1. The molecule has 6 nitrogen and oxygen atoms in total. The SMILES string of the molecule is C=C(OC)C(=O)O.NC(=O)O. The summed E-state index contributed by atoms with van der Waals surface area (Å²) in [5.74, 6) is -1.36. The molecule has 0 fully saturated rings. The lowest BCUT2D eigenvalue weighted by Crippen LogP contribution is -2.03. The van der Waals surface area contributed by atoms with Crippen molar-refractivity contribution >= 4 is 12.1 Å². The van der Waals surface area contributed by atoms with Crippen LogP contribution in [-0.2, 0) is 9.53 Å². The number of hydrogen-bond acceptors (Lipinski definition) is 3. The molecule has 0 rings (SSSR count). The maximum atomic E-state index is 9.71. The first-order valence-corrected chi connectivity index (χ1v) is 2.36. The van der Waals surface area contributed by atoms with Crippen LogP contribution in [0.2, 0.25) is 0 Å². The highest BCUT2D eigenvalue weighted by Gasteiger charge is 1.98. The van der Waals surface area contributed by atoms with Gasteiger partial charge < -0.3 is 20.7 Å². The lowest BCUT2D eigenvalue weighted by molar-refractivity contribution is -0.136. The standard InChI is InChI=1S/C4H6O3.CH3NO2/c1-3(7-2)4(5)6;2-1(3)4/h1H2,2H3,(H,5,6);2H2,(H,3,4). The third-order valence-electron chi connectivity index (χ3n) is 0.485. The average Bonchev–Trinajstić information content (AvgIpc) is 1.85. The molecule has 0 aliphatic rings. The van der Waals surface area contributed by atoms with Crippen molar-refractivity contribution in [3.05, 3.63) is 12.3 Å². The lowest BCUT2D eigenvalue weighted by Gasteiger charge is -1.92. The first-order chi connectivity index (χ1) is 4.91. The van der Waals surface area contributed by atoms with Crippen molar-refractivity contribution in [2.45, 2.75) is 0 Å². The molecule has 6 heteroatoms. The zero-order chi connectivity index (χ0) is 9.44. The quantitative estimate of drug-likeness (QED) is 0.387. The summed E-state index contributed by atoms with van der Waals surface area (Å²) < 4.78 is 4.22. The number of aliphatic carboxylic acids is 1. The number of amides is 1. The topological polar surface area (TPSA) is 110 Å². The van der Waals surface area contributed by atoms with E-state index in [1.807, 2.05) is 0 Å². The van der Waals surface area contributed by atoms with Gasteiger partial charge in [-0.2, -0.15) is 0 Å². The molecular formula is C5H9NO5. The second-order valence-electron chi connectivity index (χ2n) is 1.27. The Morgan fingerprint density at radius 2 is 1.73 bits per heavy atom. The molecule has 4 N–H and O–H groups in total. The Morgan fingerprint density at radius 1 is 1.45 bits per heavy atom. The van der Waals surface area contributed by atoms with Crippen molar-refractivity contribution in [2.75, 3.05) is 7.11 Å². The predicted octanol–water partition coefficient (Wildman–Crippen LogP) is -0.146. The number of carboxylic acids is 1. The van der Waals surface area contributed by atoms with Gasteiger partial charge in [0.15, 0.2) is 5.76 Å². The van der Waals surface area contributed by atoms with Crippen LogP contribution in [0, 0.1) is 0 Å². The van der Waals surface area contributed by atoms with E-state index in [4.69, 9.17) is 15.0 Å². The smallest absolute Gasteiger partial charge is 0.402 e. The molecule has 0 aliphatic heterocycles. The van der Waals surface area contributed by atoms with Gasteiger partial charge in [0.1, 0.15) is 0 Å². The van der Waals surface area contributed by atoms with Crippen LogP contribution < -0.4 is 5.73 Å². The maximum Gasteiger partial charge on any atom is 0.402 e. The van der Waals surface area contributed by atoms with Crippen molar-refractivity contribution in [3.63, 3.8) is 0 Å². The Bertz CT molecular complexity index is 160. The largest absolute Gasteiger partial charge is 0.490 e. The summed E-state index contributed by atoms with van der Waals surface area (Å²) in [5, 5.41) is 15.2. The van der Waals surface area contributed by atoms with Gasteiger partial charge >= 0.3 is 12.1 Å². The summed E-state index contributed by atoms with van der Waals surface area (Å²) in [6.45, 7) is 3.05. The molecular weight excluding hydrogens is 154 g/mol. The Kier molecular flexibility index (Phi) is 6.99. The molecule has 0 aliphatic carbocycles. The normalized spacial score (nSPS) is 7.00. The predicted molar refractivity (Wildman–Crippen MR) is 36.0 cm³/mol. The number of hydrogen-bond donors (Lipinski definition) is 3. The highest BCUT2D eigenvalue weighted by molar-refractivity contribution is 5.83. The highest BCUT2D eigenvalue weighted by Crippen LogP contribution is 1.86. The molecule has 0 atom stereocenters. The van der Waals surface area contributed by atoms with Crippen LogP contribution in [-0.4, -0.2) is 29.4 Å². The van der Waals surface area contributed by atoms with E-state index < -0.39 is 12.1 Å². The number of carboxylic acid groups (broad SMARTS) is 2. The van der Waals surface area contributed by atoms with Crippen molar-refractivity contribution in [3.8, 4) is 0 Å². The van der Waals surface area contributed by atoms with Gasteiger partial charge in [-0.05, 0) is 6.58 Å². The molecule has 0 saturated carbocycles. The number of ether oxygens (including phenoxy) is 1. The van der Waals surface area contributed by atoms with Crippen LogP contribution in [0.5, 0.6) is 0 Å². The zero-order valence-electron chi connectivity index (χ0n) is 5.90. The molecule has 0 unspecified atom stereocenters. The minimum atomic E-state index is -1.33. The Hall–Kier alpha value is -1.72. The fourth-order valence-electron chi connectivity index (χ4n) is 0.0873. The molecule has 1 amide bonds. The Balaban J connectivity index is 0. The summed E-state index contributed by atoms with van der Waals surface area (Å²) >= 11 is 0. The second-order valence-corrected chi connectivity index (χ2v) is 1.27. The third-order valence-corrected chi connectivity index (χ3v) is 0.485. The first kappa shape index (κ1) is 12.0. The molecule has 0 radical (unpaired) electrons. The van der Waals surface area contributed by atoms with Crippen LogP contribution in [0.3, 0.4) is 0 Å². The number of methoxy groups -OCH3 is 1. The van der Waals surface area contributed by atoms with Crippen molar-refractivity contribution in [1.29, 1.82) is 0 Å². The van der Waals surface area contributed by atoms with Crippen molar-refractivity contribution in [2.24, 2.45) is 5.73 Å². The van der Waals surface area contributed by atoms with E-state index in [2.05, 4.69) is 17.0 Å². The average molecular weight is 163 g/mol. The van der Waals surface area contributed by atoms with Gasteiger partial charge in [-0.1, -0.05) is 0 Å². The molecule has 0 bridgehead atoms. The highest BCUT2D eigenvalue weighted by atomic mass is 16.5. The maximum absolute atomic E-state index is 9.71. The van der Waals surface area contributed by atoms with Crippen LogP contribution in [0.4, 0.5) is 4.79 Å². The summed E-state index contributed by atoms with van der Waals surface area (Å²) in [5.41, 5.74) is 4.03. The summed E-state index contributed by atoms with van der Waals surface area (Å²) in [4.78, 5) is 18.5. The first-order valence-electron chi connectivity index (χ1n) is 2.36. The molecule has 0 aromatic rings. The fraction of sp³-hybridized carbons (Fsp3) is 0.200. The van der Waals surface area contributed by atoms with Crippen LogP contribution >= 0.6 is 0 Å². The van der Waals surface area contributed by atoms with Gasteiger partial charge in [0.25, 0.3) is 0 Å². The Morgan fingerprint density at radius 3 is 1.73 bits per heavy atom. The van der Waals surface area contributed by atoms with Crippen LogP contribution in [0.1, 0.15) is 0 Å². The minimum Gasteiger partial charge on any atom is -0.490 e. The summed E-state index contributed by atoms with van der Waals surface area (Å²) in [6, 6.07) is 0.